The van der Waals surface area contributed by atoms with Gasteiger partial charge >= 0.3 is 0 Å². The van der Waals surface area contributed by atoms with Crippen molar-refractivity contribution in [3.05, 3.63) is 29.8 Å². The maximum Gasteiger partial charge on any atom is 0.227 e. The summed E-state index contributed by atoms with van der Waals surface area (Å²) in [6, 6.07) is 7.97. The molecule has 1 aliphatic rings. The summed E-state index contributed by atoms with van der Waals surface area (Å²) in [5, 5.41) is 0. The lowest BCUT2D eigenvalue weighted by Gasteiger charge is -2.38. The fourth-order valence-electron chi connectivity index (χ4n) is 3.09. The van der Waals surface area contributed by atoms with E-state index in [2.05, 4.69) is 6.92 Å². The second kappa shape index (κ2) is 7.63. The first-order chi connectivity index (χ1) is 10.5. The lowest BCUT2D eigenvalue weighted by Crippen LogP contribution is -2.49. The molecule has 4 heteroatoms. The maximum absolute atomic E-state index is 12.7. The summed E-state index contributed by atoms with van der Waals surface area (Å²) in [5.41, 5.74) is 6.82. The number of nitrogens with zero attached hydrogens (tertiary/aromatic N) is 1. The highest BCUT2D eigenvalue weighted by Gasteiger charge is 2.29. The van der Waals surface area contributed by atoms with Gasteiger partial charge in [0, 0.05) is 24.7 Å². The van der Waals surface area contributed by atoms with E-state index in [9.17, 15) is 4.79 Å². The SMILES string of the molecule is CC1CCN(C(=O)Cc2ccccc2OC(C)C)C(CN)C1. The van der Waals surface area contributed by atoms with Crippen LogP contribution in [0.1, 0.15) is 39.2 Å². The van der Waals surface area contributed by atoms with Crippen LogP contribution in [0.25, 0.3) is 0 Å². The van der Waals surface area contributed by atoms with Gasteiger partial charge < -0.3 is 15.4 Å². The summed E-state index contributed by atoms with van der Waals surface area (Å²) in [5.74, 6) is 1.61. The fraction of sp³-hybridized carbons (Fsp3) is 0.611. The van der Waals surface area contributed by atoms with E-state index in [4.69, 9.17) is 10.5 Å². The summed E-state index contributed by atoms with van der Waals surface area (Å²) in [6.45, 7) is 7.58. The van der Waals surface area contributed by atoms with Crippen LogP contribution in [-0.4, -0.2) is 36.0 Å². The number of likely N-dealkylation sites (tertiary alicyclic amines) is 1. The highest BCUT2D eigenvalue weighted by Crippen LogP contribution is 2.25. The van der Waals surface area contributed by atoms with Gasteiger partial charge in [0.1, 0.15) is 5.75 Å². The van der Waals surface area contributed by atoms with Gasteiger partial charge in [0.15, 0.2) is 0 Å². The van der Waals surface area contributed by atoms with E-state index in [1.807, 2.05) is 43.0 Å². The summed E-state index contributed by atoms with van der Waals surface area (Å²) in [6.07, 6.45) is 2.55. The average molecular weight is 304 g/mol. The lowest BCUT2D eigenvalue weighted by molar-refractivity contribution is -0.134. The molecule has 22 heavy (non-hydrogen) atoms. The van der Waals surface area contributed by atoms with Crippen molar-refractivity contribution in [3.8, 4) is 5.75 Å². The van der Waals surface area contributed by atoms with Crippen LogP contribution in [0.2, 0.25) is 0 Å². The van der Waals surface area contributed by atoms with E-state index in [1.54, 1.807) is 0 Å². The molecule has 0 saturated carbocycles. The van der Waals surface area contributed by atoms with Crippen LogP contribution < -0.4 is 10.5 Å². The third kappa shape index (κ3) is 4.23. The number of carbonyl (C=O) groups is 1. The third-order valence-corrected chi connectivity index (χ3v) is 4.25. The molecule has 0 spiro atoms. The summed E-state index contributed by atoms with van der Waals surface area (Å²) in [7, 11) is 0. The van der Waals surface area contributed by atoms with Crippen molar-refractivity contribution in [1.29, 1.82) is 0 Å². The maximum atomic E-state index is 12.7. The fourth-order valence-corrected chi connectivity index (χ4v) is 3.09. The van der Waals surface area contributed by atoms with Gasteiger partial charge in [-0.1, -0.05) is 25.1 Å². The normalized spacial score (nSPS) is 22.0. The van der Waals surface area contributed by atoms with Crippen molar-refractivity contribution in [2.45, 2.75) is 52.2 Å². The quantitative estimate of drug-likeness (QED) is 0.909. The Hall–Kier alpha value is -1.55. The van der Waals surface area contributed by atoms with E-state index in [-0.39, 0.29) is 18.1 Å². The molecule has 1 aliphatic heterocycles. The van der Waals surface area contributed by atoms with E-state index in [0.717, 1.165) is 30.7 Å². The van der Waals surface area contributed by atoms with Gasteiger partial charge in [-0.3, -0.25) is 4.79 Å². The van der Waals surface area contributed by atoms with Gasteiger partial charge in [0.2, 0.25) is 5.91 Å². The Morgan fingerprint density at radius 2 is 2.14 bits per heavy atom. The van der Waals surface area contributed by atoms with Crippen LogP contribution in [0, 0.1) is 5.92 Å². The molecule has 122 valence electrons. The molecule has 0 radical (unpaired) electrons. The third-order valence-electron chi connectivity index (χ3n) is 4.25. The van der Waals surface area contributed by atoms with Gasteiger partial charge in [-0.15, -0.1) is 0 Å². The van der Waals surface area contributed by atoms with Crippen LogP contribution in [-0.2, 0) is 11.2 Å². The van der Waals surface area contributed by atoms with Gasteiger partial charge in [0.05, 0.1) is 12.5 Å². The number of para-hydroxylation sites is 1. The number of hydrogen-bond donors (Lipinski definition) is 1. The molecule has 2 N–H and O–H groups in total. The molecule has 2 unspecified atom stereocenters. The number of piperidine rings is 1. The first kappa shape index (κ1) is 16.8. The second-order valence-electron chi connectivity index (χ2n) is 6.56. The van der Waals surface area contributed by atoms with Crippen LogP contribution in [0.4, 0.5) is 0 Å². The largest absolute Gasteiger partial charge is 0.491 e. The number of hydrogen-bond acceptors (Lipinski definition) is 3. The van der Waals surface area contributed by atoms with Gasteiger partial charge in [-0.05, 0) is 38.7 Å². The van der Waals surface area contributed by atoms with Crippen molar-refractivity contribution in [2.75, 3.05) is 13.1 Å². The lowest BCUT2D eigenvalue weighted by atomic mass is 9.92. The minimum absolute atomic E-state index is 0.101. The molecular formula is C18H28N2O2. The van der Waals surface area contributed by atoms with Crippen molar-refractivity contribution in [1.82, 2.24) is 4.90 Å². The molecule has 0 aliphatic carbocycles. The molecule has 1 aromatic carbocycles. The summed E-state index contributed by atoms with van der Waals surface area (Å²) >= 11 is 0. The molecule has 1 heterocycles. The summed E-state index contributed by atoms with van der Waals surface area (Å²) < 4.78 is 5.81. The molecule has 1 amide bonds. The molecule has 0 bridgehead atoms. The molecule has 1 fully saturated rings. The number of nitrogens with two attached hydrogens (primary N) is 1. The Bertz CT molecular complexity index is 502. The van der Waals surface area contributed by atoms with E-state index in [0.29, 0.717) is 18.9 Å². The minimum Gasteiger partial charge on any atom is -0.491 e. The molecule has 4 nitrogen and oxygen atoms in total. The summed E-state index contributed by atoms with van der Waals surface area (Å²) in [4.78, 5) is 14.7. The number of ether oxygens (including phenoxy) is 1. The van der Waals surface area contributed by atoms with Crippen LogP contribution >= 0.6 is 0 Å². The molecular weight excluding hydrogens is 276 g/mol. The Labute approximate surface area is 133 Å². The number of carbonyl (C=O) groups excluding carboxylic acids is 1. The Morgan fingerprint density at radius 3 is 2.82 bits per heavy atom. The zero-order chi connectivity index (χ0) is 16.1. The Morgan fingerprint density at radius 1 is 1.41 bits per heavy atom. The van der Waals surface area contributed by atoms with Gasteiger partial charge in [-0.25, -0.2) is 0 Å². The molecule has 1 aromatic rings. The number of benzene rings is 1. The van der Waals surface area contributed by atoms with E-state index in [1.165, 1.54) is 0 Å². The minimum atomic E-state index is 0.101. The van der Waals surface area contributed by atoms with Gasteiger partial charge in [0.25, 0.3) is 0 Å². The second-order valence-corrected chi connectivity index (χ2v) is 6.56. The van der Waals surface area contributed by atoms with E-state index < -0.39 is 0 Å². The average Bonchev–Trinajstić information content (AvgIpc) is 2.48. The first-order valence-electron chi connectivity index (χ1n) is 8.25. The van der Waals surface area contributed by atoms with Gasteiger partial charge in [-0.2, -0.15) is 0 Å². The standard InChI is InChI=1S/C18H28N2O2/c1-13(2)22-17-7-5-4-6-15(17)11-18(21)20-9-8-14(3)10-16(20)12-19/h4-7,13-14,16H,8-12,19H2,1-3H3. The Balaban J connectivity index is 2.08. The highest BCUT2D eigenvalue weighted by atomic mass is 16.5. The van der Waals surface area contributed by atoms with Crippen LogP contribution in [0.15, 0.2) is 24.3 Å². The van der Waals surface area contributed by atoms with Crippen LogP contribution in [0.5, 0.6) is 5.75 Å². The number of amides is 1. The molecule has 2 rings (SSSR count). The topological polar surface area (TPSA) is 55.6 Å². The van der Waals surface area contributed by atoms with Crippen molar-refractivity contribution < 1.29 is 9.53 Å². The monoisotopic (exact) mass is 304 g/mol. The highest BCUT2D eigenvalue weighted by molar-refractivity contribution is 5.80. The Kier molecular flexibility index (Phi) is 5.83. The predicted molar refractivity (Wildman–Crippen MR) is 88.9 cm³/mol. The molecule has 0 aromatic heterocycles. The smallest absolute Gasteiger partial charge is 0.227 e. The predicted octanol–water partition coefficient (Wildman–Crippen LogP) is 2.60. The first-order valence-corrected chi connectivity index (χ1v) is 8.25. The zero-order valence-corrected chi connectivity index (χ0v) is 13.9. The van der Waals surface area contributed by atoms with E-state index >= 15 is 0 Å². The van der Waals surface area contributed by atoms with Crippen molar-refractivity contribution >= 4 is 5.91 Å². The zero-order valence-electron chi connectivity index (χ0n) is 13.9. The van der Waals surface area contributed by atoms with Crippen molar-refractivity contribution in [3.63, 3.8) is 0 Å². The molecule has 2 atom stereocenters. The van der Waals surface area contributed by atoms with Crippen molar-refractivity contribution in [2.24, 2.45) is 11.7 Å². The molecule has 1 saturated heterocycles. The van der Waals surface area contributed by atoms with Crippen LogP contribution in [0.3, 0.4) is 0 Å². The number of rotatable bonds is 5.